The summed E-state index contributed by atoms with van der Waals surface area (Å²) in [6, 6.07) is 11.6. The molecule has 0 spiro atoms. The number of aromatic nitrogens is 3. The number of morpholine rings is 1. The zero-order valence-corrected chi connectivity index (χ0v) is 13.8. The lowest BCUT2D eigenvalue weighted by molar-refractivity contribution is -0.116. The largest absolute Gasteiger partial charge is 0.378 e. The van der Waals surface area contributed by atoms with Crippen LogP contribution in [0.2, 0.25) is 0 Å². The van der Waals surface area contributed by atoms with Crippen LogP contribution in [0.25, 0.3) is 10.9 Å². The maximum absolute atomic E-state index is 12.3. The summed E-state index contributed by atoms with van der Waals surface area (Å²) in [5.41, 5.74) is 1.62. The molecular weight excluding hydrogens is 318 g/mol. The molecule has 1 fully saturated rings. The number of rotatable bonds is 4. The third kappa shape index (κ3) is 3.46. The lowest BCUT2D eigenvalue weighted by Gasteiger charge is -2.27. The zero-order valence-electron chi connectivity index (χ0n) is 13.8. The first-order chi connectivity index (χ1) is 12.3. The molecule has 0 aliphatic carbocycles. The van der Waals surface area contributed by atoms with Gasteiger partial charge in [0.1, 0.15) is 12.4 Å². The lowest BCUT2D eigenvalue weighted by atomic mass is 10.2. The van der Waals surface area contributed by atoms with Crippen LogP contribution in [0, 0.1) is 0 Å². The van der Waals surface area contributed by atoms with Gasteiger partial charge in [-0.05, 0) is 18.2 Å². The van der Waals surface area contributed by atoms with E-state index < -0.39 is 0 Å². The van der Waals surface area contributed by atoms with Gasteiger partial charge >= 0.3 is 0 Å². The molecule has 1 aromatic carbocycles. The molecule has 7 heteroatoms. The van der Waals surface area contributed by atoms with Crippen molar-refractivity contribution in [3.63, 3.8) is 0 Å². The van der Waals surface area contributed by atoms with Gasteiger partial charge < -0.3 is 15.0 Å². The third-order valence-electron chi connectivity index (χ3n) is 4.21. The Hall–Kier alpha value is -2.93. The Bertz CT molecular complexity index is 869. The first kappa shape index (κ1) is 15.6. The summed E-state index contributed by atoms with van der Waals surface area (Å²) in [6.07, 6.45) is 3.45. The Morgan fingerprint density at radius 2 is 1.96 bits per heavy atom. The molecule has 1 N–H and O–H groups in total. The monoisotopic (exact) mass is 337 g/mol. The highest BCUT2D eigenvalue weighted by Gasteiger charge is 2.13. The molecule has 1 saturated heterocycles. The van der Waals surface area contributed by atoms with Crippen LogP contribution in [0.5, 0.6) is 0 Å². The van der Waals surface area contributed by atoms with Gasteiger partial charge in [0.05, 0.1) is 36.8 Å². The molecule has 3 heterocycles. The first-order valence-corrected chi connectivity index (χ1v) is 8.29. The molecule has 1 aliphatic heterocycles. The molecule has 0 bridgehead atoms. The second kappa shape index (κ2) is 6.90. The quantitative estimate of drug-likeness (QED) is 0.787. The number of nitrogens with zero attached hydrogens (tertiary/aromatic N) is 4. The number of carbonyl (C=O) groups excluding carboxylic acids is 1. The second-order valence-corrected chi connectivity index (χ2v) is 5.91. The molecule has 1 amide bonds. The third-order valence-corrected chi connectivity index (χ3v) is 4.21. The van der Waals surface area contributed by atoms with E-state index in [0.717, 1.165) is 43.0 Å². The van der Waals surface area contributed by atoms with Crippen LogP contribution in [0.1, 0.15) is 0 Å². The van der Waals surface area contributed by atoms with Crippen LogP contribution in [-0.2, 0) is 16.1 Å². The number of benzene rings is 1. The van der Waals surface area contributed by atoms with Crippen molar-refractivity contribution in [1.29, 1.82) is 0 Å². The number of hydrogen-bond acceptors (Lipinski definition) is 5. The zero-order chi connectivity index (χ0) is 17.1. The Morgan fingerprint density at radius 1 is 1.12 bits per heavy atom. The van der Waals surface area contributed by atoms with Crippen LogP contribution in [-0.4, -0.2) is 47.0 Å². The summed E-state index contributed by atoms with van der Waals surface area (Å²) in [6.45, 7) is 3.28. The maximum Gasteiger partial charge on any atom is 0.246 e. The molecule has 0 saturated carbocycles. The molecule has 4 rings (SSSR count). The summed E-state index contributed by atoms with van der Waals surface area (Å²) in [5, 5.41) is 8.16. The molecule has 128 valence electrons. The highest BCUT2D eigenvalue weighted by Crippen LogP contribution is 2.16. The van der Waals surface area contributed by atoms with E-state index in [4.69, 9.17) is 4.74 Å². The van der Waals surface area contributed by atoms with Crippen LogP contribution < -0.4 is 10.2 Å². The number of carbonyl (C=O) groups is 1. The summed E-state index contributed by atoms with van der Waals surface area (Å²) in [4.78, 5) is 18.9. The molecule has 0 radical (unpaired) electrons. The van der Waals surface area contributed by atoms with E-state index in [0.29, 0.717) is 5.69 Å². The molecule has 0 unspecified atom stereocenters. The van der Waals surface area contributed by atoms with Crippen LogP contribution in [0.15, 0.2) is 48.8 Å². The van der Waals surface area contributed by atoms with Crippen molar-refractivity contribution < 1.29 is 9.53 Å². The number of amides is 1. The van der Waals surface area contributed by atoms with Gasteiger partial charge in [-0.25, -0.2) is 4.98 Å². The van der Waals surface area contributed by atoms with E-state index in [1.165, 1.54) is 0 Å². The van der Waals surface area contributed by atoms with Crippen molar-refractivity contribution in [3.8, 4) is 0 Å². The van der Waals surface area contributed by atoms with E-state index >= 15 is 0 Å². The number of anilines is 2. The average Bonchev–Trinajstić information content (AvgIpc) is 3.06. The number of nitrogens with one attached hydrogen (secondary N) is 1. The van der Waals surface area contributed by atoms with E-state index in [-0.39, 0.29) is 12.5 Å². The van der Waals surface area contributed by atoms with Gasteiger partial charge in [0.25, 0.3) is 0 Å². The van der Waals surface area contributed by atoms with Crippen molar-refractivity contribution in [1.82, 2.24) is 14.8 Å². The van der Waals surface area contributed by atoms with E-state index in [2.05, 4.69) is 20.3 Å². The van der Waals surface area contributed by atoms with Gasteiger partial charge in [-0.15, -0.1) is 0 Å². The minimum atomic E-state index is -0.130. The molecule has 1 aliphatic rings. The molecule has 25 heavy (non-hydrogen) atoms. The average molecular weight is 337 g/mol. The van der Waals surface area contributed by atoms with Crippen LogP contribution in [0.3, 0.4) is 0 Å². The Balaban J connectivity index is 1.40. The van der Waals surface area contributed by atoms with Gasteiger partial charge in [-0.3, -0.25) is 9.48 Å². The summed E-state index contributed by atoms with van der Waals surface area (Å²) in [7, 11) is 0. The fraction of sp³-hybridized carbons (Fsp3) is 0.278. The Labute approximate surface area is 145 Å². The van der Waals surface area contributed by atoms with E-state index in [1.807, 2.05) is 36.4 Å². The van der Waals surface area contributed by atoms with Gasteiger partial charge in [-0.1, -0.05) is 18.2 Å². The van der Waals surface area contributed by atoms with Gasteiger partial charge in [0.2, 0.25) is 5.91 Å². The van der Waals surface area contributed by atoms with Gasteiger partial charge in [0.15, 0.2) is 0 Å². The molecule has 7 nitrogen and oxygen atoms in total. The van der Waals surface area contributed by atoms with Crippen LogP contribution >= 0.6 is 0 Å². The highest BCUT2D eigenvalue weighted by atomic mass is 16.5. The minimum absolute atomic E-state index is 0.130. The van der Waals surface area contributed by atoms with Crippen LogP contribution in [0.4, 0.5) is 11.5 Å². The predicted octanol–water partition coefficient (Wildman–Crippen LogP) is 1.91. The normalized spacial score (nSPS) is 14.6. The Kier molecular flexibility index (Phi) is 4.30. The van der Waals surface area contributed by atoms with Crippen molar-refractivity contribution in [2.75, 3.05) is 36.5 Å². The SMILES string of the molecule is O=C(Cn1ncc2ccccc21)Nc1ccc(N2CCOCC2)nc1. The van der Waals surface area contributed by atoms with E-state index in [9.17, 15) is 4.79 Å². The molecule has 2 aromatic heterocycles. The highest BCUT2D eigenvalue weighted by molar-refractivity contribution is 5.91. The predicted molar refractivity (Wildman–Crippen MR) is 95.6 cm³/mol. The maximum atomic E-state index is 12.3. The number of para-hydroxylation sites is 1. The number of pyridine rings is 1. The fourth-order valence-corrected chi connectivity index (χ4v) is 2.93. The topological polar surface area (TPSA) is 72.3 Å². The minimum Gasteiger partial charge on any atom is -0.378 e. The van der Waals surface area contributed by atoms with Crippen molar-refractivity contribution in [3.05, 3.63) is 48.8 Å². The number of hydrogen-bond donors (Lipinski definition) is 1. The van der Waals surface area contributed by atoms with Crippen molar-refractivity contribution >= 4 is 28.3 Å². The Morgan fingerprint density at radius 3 is 2.76 bits per heavy atom. The smallest absolute Gasteiger partial charge is 0.246 e. The second-order valence-electron chi connectivity index (χ2n) is 5.91. The van der Waals surface area contributed by atoms with Crippen molar-refractivity contribution in [2.45, 2.75) is 6.54 Å². The molecule has 3 aromatic rings. The number of fused-ring (bicyclic) bond motifs is 1. The summed E-state index contributed by atoms with van der Waals surface area (Å²) in [5.74, 6) is 0.772. The summed E-state index contributed by atoms with van der Waals surface area (Å²) >= 11 is 0. The molecular formula is C18H19N5O2. The van der Waals surface area contributed by atoms with Gasteiger partial charge in [-0.2, -0.15) is 5.10 Å². The lowest BCUT2D eigenvalue weighted by Crippen LogP contribution is -2.36. The van der Waals surface area contributed by atoms with E-state index in [1.54, 1.807) is 17.1 Å². The standard InChI is InChI=1S/C18H19N5O2/c24-18(13-23-16-4-2-1-3-14(16)11-20-23)21-15-5-6-17(19-12-15)22-7-9-25-10-8-22/h1-6,11-12H,7-10,13H2,(H,21,24). The van der Waals surface area contributed by atoms with Crippen molar-refractivity contribution in [2.24, 2.45) is 0 Å². The molecule has 0 atom stereocenters. The number of ether oxygens (including phenoxy) is 1. The first-order valence-electron chi connectivity index (χ1n) is 8.29. The fourth-order valence-electron chi connectivity index (χ4n) is 2.93. The summed E-state index contributed by atoms with van der Waals surface area (Å²) < 4.78 is 7.04. The van der Waals surface area contributed by atoms with Gasteiger partial charge in [0, 0.05) is 18.5 Å².